The number of aryl methyl sites for hydroxylation is 1. The van der Waals surface area contributed by atoms with Crippen LogP contribution in [0.3, 0.4) is 0 Å². The van der Waals surface area contributed by atoms with Crippen LogP contribution in [0.4, 0.5) is 0 Å². The van der Waals surface area contributed by atoms with Gasteiger partial charge in [-0.25, -0.2) is 0 Å². The molecule has 0 spiro atoms. The number of piperidine rings is 1. The number of nitrogens with one attached hydrogen (secondary N) is 1. The third-order valence-electron chi connectivity index (χ3n) is 4.20. The van der Waals surface area contributed by atoms with E-state index in [1.165, 1.54) is 11.3 Å². The molecule has 3 heterocycles. The average molecular weight is 322 g/mol. The Hall–Kier alpha value is -1.82. The summed E-state index contributed by atoms with van der Waals surface area (Å²) in [5.41, 5.74) is 2.37. The lowest BCUT2D eigenvalue weighted by Gasteiger charge is -2.32. The normalized spacial score (nSPS) is 18.6. The molecular weight excluding hydrogens is 302 g/mol. The van der Waals surface area contributed by atoms with E-state index in [1.54, 1.807) is 17.1 Å². The van der Waals surface area contributed by atoms with Crippen molar-refractivity contribution in [1.29, 1.82) is 0 Å². The van der Waals surface area contributed by atoms with Crippen molar-refractivity contribution in [1.82, 2.24) is 24.9 Å². The molecule has 7 heteroatoms. The first-order valence-electron chi connectivity index (χ1n) is 7.56. The minimum atomic E-state index is 0.103. The number of likely N-dealkylation sites (tertiary alicyclic amines) is 1. The van der Waals surface area contributed by atoms with Crippen molar-refractivity contribution in [3.8, 4) is 0 Å². The summed E-state index contributed by atoms with van der Waals surface area (Å²) in [6.45, 7) is 3.94. The summed E-state index contributed by atoms with van der Waals surface area (Å²) < 4.78 is 1.59. The van der Waals surface area contributed by atoms with Crippen LogP contribution in [-0.2, 0) is 17.8 Å². The molecule has 1 fully saturated rings. The molecule has 0 aliphatic carbocycles. The second-order valence-electron chi connectivity index (χ2n) is 5.94. The minimum absolute atomic E-state index is 0.103. The molecule has 1 N–H and O–H groups in total. The number of carbonyl (C=O) groups excluding carboxylic acids is 1. The topological polar surface area (TPSA) is 66.8 Å². The van der Waals surface area contributed by atoms with Gasteiger partial charge in [-0.3, -0.25) is 14.6 Å². The largest absolute Gasteiger partial charge is 0.341 e. The van der Waals surface area contributed by atoms with Gasteiger partial charge in [0.05, 0.1) is 17.4 Å². The third-order valence-corrected chi connectivity index (χ3v) is 4.39. The lowest BCUT2D eigenvalue weighted by Crippen LogP contribution is -2.42. The van der Waals surface area contributed by atoms with Crippen LogP contribution in [0.5, 0.6) is 0 Å². The van der Waals surface area contributed by atoms with Gasteiger partial charge >= 0.3 is 0 Å². The maximum absolute atomic E-state index is 12.4. The van der Waals surface area contributed by atoms with E-state index in [0.717, 1.165) is 32.4 Å². The number of halogens is 1. The predicted octanol–water partition coefficient (Wildman–Crippen LogP) is 2.05. The van der Waals surface area contributed by atoms with Gasteiger partial charge in [-0.2, -0.15) is 10.2 Å². The summed E-state index contributed by atoms with van der Waals surface area (Å²) in [5.74, 6) is 0.587. The van der Waals surface area contributed by atoms with Gasteiger partial charge in [-0.05, 0) is 37.7 Å². The number of rotatable bonds is 4. The van der Waals surface area contributed by atoms with E-state index in [4.69, 9.17) is 11.6 Å². The lowest BCUT2D eigenvalue weighted by molar-refractivity contribution is -0.133. The highest BCUT2D eigenvalue weighted by Crippen LogP contribution is 2.21. The van der Waals surface area contributed by atoms with Crippen molar-refractivity contribution in [3.63, 3.8) is 0 Å². The van der Waals surface area contributed by atoms with Crippen LogP contribution < -0.4 is 0 Å². The Morgan fingerprint density at radius 1 is 1.50 bits per heavy atom. The maximum Gasteiger partial charge on any atom is 0.244 e. The van der Waals surface area contributed by atoms with Gasteiger partial charge in [0, 0.05) is 25.0 Å². The van der Waals surface area contributed by atoms with Crippen molar-refractivity contribution in [2.75, 3.05) is 13.1 Å². The number of aromatic nitrogens is 4. The summed E-state index contributed by atoms with van der Waals surface area (Å²) in [6.07, 6.45) is 8.22. The van der Waals surface area contributed by atoms with Crippen molar-refractivity contribution in [3.05, 3.63) is 34.9 Å². The first-order chi connectivity index (χ1) is 10.6. The van der Waals surface area contributed by atoms with Crippen LogP contribution in [0.25, 0.3) is 0 Å². The van der Waals surface area contributed by atoms with E-state index in [1.807, 2.05) is 11.1 Å². The van der Waals surface area contributed by atoms with Gasteiger partial charge in [0.2, 0.25) is 5.91 Å². The van der Waals surface area contributed by atoms with Gasteiger partial charge in [-0.1, -0.05) is 11.6 Å². The molecule has 1 aliphatic heterocycles. The van der Waals surface area contributed by atoms with Gasteiger partial charge in [0.1, 0.15) is 6.54 Å². The van der Waals surface area contributed by atoms with E-state index in [2.05, 4.69) is 22.2 Å². The minimum Gasteiger partial charge on any atom is -0.341 e. The zero-order valence-electron chi connectivity index (χ0n) is 12.6. The Bertz CT molecular complexity index is 650. The molecule has 118 valence electrons. The molecule has 0 unspecified atom stereocenters. The second kappa shape index (κ2) is 6.52. The van der Waals surface area contributed by atoms with Gasteiger partial charge in [0.25, 0.3) is 0 Å². The smallest absolute Gasteiger partial charge is 0.244 e. The average Bonchev–Trinajstić information content (AvgIpc) is 3.08. The molecule has 1 saturated heterocycles. The number of nitrogens with zero attached hydrogens (tertiary/aromatic N) is 4. The van der Waals surface area contributed by atoms with E-state index < -0.39 is 0 Å². The monoisotopic (exact) mass is 321 g/mol. The van der Waals surface area contributed by atoms with Crippen LogP contribution in [-0.4, -0.2) is 43.9 Å². The zero-order chi connectivity index (χ0) is 15.5. The van der Waals surface area contributed by atoms with E-state index in [9.17, 15) is 4.79 Å². The number of hydrogen-bond donors (Lipinski definition) is 1. The standard InChI is InChI=1S/C15H20ClN5O/c1-11-6-17-19-14(11)5-12-3-2-4-20(8-12)15(22)10-21-9-13(16)7-18-21/h6-7,9,12H,2-5,8,10H2,1H3,(H,17,19)/t12-/m1/s1. The number of amides is 1. The van der Waals surface area contributed by atoms with E-state index >= 15 is 0 Å². The molecule has 0 radical (unpaired) electrons. The summed E-state index contributed by atoms with van der Waals surface area (Å²) in [4.78, 5) is 14.3. The highest BCUT2D eigenvalue weighted by molar-refractivity contribution is 6.30. The molecule has 0 aromatic carbocycles. The molecule has 22 heavy (non-hydrogen) atoms. The summed E-state index contributed by atoms with van der Waals surface area (Å²) in [7, 11) is 0. The molecule has 1 aliphatic rings. The van der Waals surface area contributed by atoms with Crippen LogP contribution in [0.2, 0.25) is 5.02 Å². The number of carbonyl (C=O) groups is 1. The van der Waals surface area contributed by atoms with Crippen LogP contribution in [0, 0.1) is 12.8 Å². The molecule has 1 atom stereocenters. The van der Waals surface area contributed by atoms with Gasteiger partial charge < -0.3 is 4.90 Å². The number of aromatic amines is 1. The van der Waals surface area contributed by atoms with Crippen LogP contribution in [0.1, 0.15) is 24.1 Å². The molecule has 1 amide bonds. The molecular formula is C15H20ClN5O. The fourth-order valence-electron chi connectivity index (χ4n) is 2.99. The van der Waals surface area contributed by atoms with Crippen molar-refractivity contribution < 1.29 is 4.79 Å². The van der Waals surface area contributed by atoms with Crippen LogP contribution >= 0.6 is 11.6 Å². The maximum atomic E-state index is 12.4. The first-order valence-corrected chi connectivity index (χ1v) is 7.94. The molecule has 2 aromatic heterocycles. The fraction of sp³-hybridized carbons (Fsp3) is 0.533. The number of hydrogen-bond acceptors (Lipinski definition) is 3. The van der Waals surface area contributed by atoms with Gasteiger partial charge in [-0.15, -0.1) is 0 Å². The third kappa shape index (κ3) is 3.50. The molecule has 6 nitrogen and oxygen atoms in total. The molecule has 2 aromatic rings. The lowest BCUT2D eigenvalue weighted by atomic mass is 9.92. The van der Waals surface area contributed by atoms with Crippen molar-refractivity contribution in [2.24, 2.45) is 5.92 Å². The Balaban J connectivity index is 1.58. The van der Waals surface area contributed by atoms with Crippen LogP contribution in [0.15, 0.2) is 18.6 Å². The highest BCUT2D eigenvalue weighted by atomic mass is 35.5. The number of H-pyrrole nitrogens is 1. The SMILES string of the molecule is Cc1cn[nH]c1C[C@H]1CCCN(C(=O)Cn2cc(Cl)cn2)C1. The Kier molecular flexibility index (Phi) is 4.47. The first kappa shape index (κ1) is 15.1. The Morgan fingerprint density at radius 2 is 2.36 bits per heavy atom. The van der Waals surface area contributed by atoms with Crippen molar-refractivity contribution in [2.45, 2.75) is 32.7 Å². The molecule has 0 saturated carbocycles. The van der Waals surface area contributed by atoms with E-state index in [-0.39, 0.29) is 12.5 Å². The highest BCUT2D eigenvalue weighted by Gasteiger charge is 2.24. The zero-order valence-corrected chi connectivity index (χ0v) is 13.4. The van der Waals surface area contributed by atoms with Crippen molar-refractivity contribution >= 4 is 17.5 Å². The van der Waals surface area contributed by atoms with E-state index in [0.29, 0.717) is 10.9 Å². The molecule has 3 rings (SSSR count). The summed E-state index contributed by atoms with van der Waals surface area (Å²) >= 11 is 5.83. The van der Waals surface area contributed by atoms with Gasteiger partial charge in [0.15, 0.2) is 0 Å². The Morgan fingerprint density at radius 3 is 3.05 bits per heavy atom. The molecule has 0 bridgehead atoms. The summed E-state index contributed by atoms with van der Waals surface area (Å²) in [6, 6.07) is 0. The quantitative estimate of drug-likeness (QED) is 0.937. The predicted molar refractivity (Wildman–Crippen MR) is 83.6 cm³/mol. The summed E-state index contributed by atoms with van der Waals surface area (Å²) in [5, 5.41) is 11.7. The Labute approximate surface area is 134 Å². The second-order valence-corrected chi connectivity index (χ2v) is 6.38. The fourth-order valence-corrected chi connectivity index (χ4v) is 3.15.